The van der Waals surface area contributed by atoms with Crippen LogP contribution in [0.15, 0.2) is 36.5 Å². The highest BCUT2D eigenvalue weighted by Gasteiger charge is 2.27. The summed E-state index contributed by atoms with van der Waals surface area (Å²) < 4.78 is 8.32. The summed E-state index contributed by atoms with van der Waals surface area (Å²) in [6.07, 6.45) is 4.67. The number of ether oxygens (including phenoxy) is 1. The van der Waals surface area contributed by atoms with Crippen LogP contribution >= 0.6 is 0 Å². The average molecular weight is 298 g/mol. The van der Waals surface area contributed by atoms with Gasteiger partial charge in [-0.3, -0.25) is 4.90 Å². The molecule has 3 nitrogen and oxygen atoms in total. The number of benzene rings is 1. The largest absolute Gasteiger partial charge is 0.492 e. The molecular formula is C19H26N2O. The maximum Gasteiger partial charge on any atom is 0.125 e. The number of hydrogen-bond acceptors (Lipinski definition) is 2. The van der Waals surface area contributed by atoms with Crippen molar-refractivity contribution < 1.29 is 4.74 Å². The number of likely N-dealkylation sites (tertiary alicyclic amines) is 1. The highest BCUT2D eigenvalue weighted by molar-refractivity contribution is 5.39. The van der Waals surface area contributed by atoms with Crippen molar-refractivity contribution in [3.8, 4) is 5.75 Å². The third-order valence-electron chi connectivity index (χ3n) is 4.72. The quantitative estimate of drug-likeness (QED) is 0.834. The number of aromatic nitrogens is 1. The molecule has 2 heterocycles. The van der Waals surface area contributed by atoms with Gasteiger partial charge in [-0.15, -0.1) is 0 Å². The van der Waals surface area contributed by atoms with Gasteiger partial charge in [0.15, 0.2) is 0 Å². The molecule has 1 atom stereocenters. The van der Waals surface area contributed by atoms with Crippen molar-refractivity contribution in [3.05, 3.63) is 53.3 Å². The van der Waals surface area contributed by atoms with E-state index in [4.69, 9.17) is 4.74 Å². The summed E-state index contributed by atoms with van der Waals surface area (Å²) in [4.78, 5) is 2.56. The van der Waals surface area contributed by atoms with Gasteiger partial charge in [0.05, 0.1) is 6.04 Å². The first-order valence-corrected chi connectivity index (χ1v) is 8.21. The van der Waals surface area contributed by atoms with Crippen LogP contribution in [0.3, 0.4) is 0 Å². The van der Waals surface area contributed by atoms with E-state index in [1.807, 2.05) is 0 Å². The van der Waals surface area contributed by atoms with Gasteiger partial charge in [0, 0.05) is 25.5 Å². The Morgan fingerprint density at radius 3 is 2.59 bits per heavy atom. The summed E-state index contributed by atoms with van der Waals surface area (Å²) in [6, 6.07) is 11.2. The highest BCUT2D eigenvalue weighted by atomic mass is 16.5. The molecule has 0 radical (unpaired) electrons. The number of nitrogens with zero attached hydrogens (tertiary/aromatic N) is 2. The highest BCUT2D eigenvalue weighted by Crippen LogP contribution is 2.31. The van der Waals surface area contributed by atoms with Gasteiger partial charge in [-0.25, -0.2) is 0 Å². The van der Waals surface area contributed by atoms with E-state index in [-0.39, 0.29) is 0 Å². The Kier molecular flexibility index (Phi) is 4.53. The van der Waals surface area contributed by atoms with Crippen molar-refractivity contribution in [1.29, 1.82) is 0 Å². The molecule has 0 saturated carbocycles. The molecule has 1 aromatic heterocycles. The zero-order valence-corrected chi connectivity index (χ0v) is 13.9. The molecule has 3 heteroatoms. The van der Waals surface area contributed by atoms with E-state index in [9.17, 15) is 0 Å². The van der Waals surface area contributed by atoms with Crippen LogP contribution in [-0.4, -0.2) is 29.2 Å². The van der Waals surface area contributed by atoms with Crippen LogP contribution in [0.4, 0.5) is 0 Å². The van der Waals surface area contributed by atoms with Crippen molar-refractivity contribution in [3.63, 3.8) is 0 Å². The van der Waals surface area contributed by atoms with Gasteiger partial charge in [-0.2, -0.15) is 0 Å². The maximum atomic E-state index is 6.08. The fraction of sp³-hybridized carbons (Fsp3) is 0.474. The molecular weight excluding hydrogens is 272 g/mol. The van der Waals surface area contributed by atoms with Crippen LogP contribution in [0.5, 0.6) is 5.75 Å². The minimum atomic E-state index is 0.543. The lowest BCUT2D eigenvalue weighted by atomic mass is 10.1. The fourth-order valence-corrected chi connectivity index (χ4v) is 3.54. The maximum absolute atomic E-state index is 6.08. The van der Waals surface area contributed by atoms with E-state index in [0.717, 1.165) is 18.9 Å². The molecule has 1 unspecified atom stereocenters. The first kappa shape index (κ1) is 15.2. The van der Waals surface area contributed by atoms with E-state index in [1.165, 1.54) is 36.2 Å². The second-order valence-electron chi connectivity index (χ2n) is 6.31. The summed E-state index contributed by atoms with van der Waals surface area (Å²) in [7, 11) is 2.14. The van der Waals surface area contributed by atoms with E-state index in [0.29, 0.717) is 6.04 Å². The topological polar surface area (TPSA) is 17.4 Å². The molecule has 1 aliphatic rings. The molecule has 2 aromatic rings. The Morgan fingerprint density at radius 1 is 1.14 bits per heavy atom. The molecule has 1 aliphatic heterocycles. The van der Waals surface area contributed by atoms with Crippen LogP contribution in [0.25, 0.3) is 0 Å². The normalized spacial score (nSPS) is 18.8. The molecule has 22 heavy (non-hydrogen) atoms. The van der Waals surface area contributed by atoms with Gasteiger partial charge in [-0.05, 0) is 56.5 Å². The lowest BCUT2D eigenvalue weighted by Crippen LogP contribution is -2.29. The van der Waals surface area contributed by atoms with E-state index < -0.39 is 0 Å². The Bertz CT molecular complexity index is 612. The first-order chi connectivity index (χ1) is 10.7. The number of aryl methyl sites for hydroxylation is 3. The van der Waals surface area contributed by atoms with Crippen molar-refractivity contribution in [2.24, 2.45) is 7.05 Å². The average Bonchev–Trinajstić information content (AvgIpc) is 3.10. The van der Waals surface area contributed by atoms with Crippen molar-refractivity contribution >= 4 is 0 Å². The Balaban J connectivity index is 1.60. The molecule has 1 saturated heterocycles. The molecule has 0 N–H and O–H groups in total. The second-order valence-corrected chi connectivity index (χ2v) is 6.31. The van der Waals surface area contributed by atoms with Crippen molar-refractivity contribution in [2.45, 2.75) is 32.7 Å². The minimum absolute atomic E-state index is 0.543. The summed E-state index contributed by atoms with van der Waals surface area (Å²) in [5.74, 6) is 1.05. The van der Waals surface area contributed by atoms with Crippen LogP contribution in [-0.2, 0) is 7.05 Å². The molecule has 3 rings (SSSR count). The Morgan fingerprint density at radius 2 is 1.91 bits per heavy atom. The minimum Gasteiger partial charge on any atom is -0.492 e. The second kappa shape index (κ2) is 6.57. The van der Waals surface area contributed by atoms with Gasteiger partial charge >= 0.3 is 0 Å². The third kappa shape index (κ3) is 3.05. The first-order valence-electron chi connectivity index (χ1n) is 8.21. The van der Waals surface area contributed by atoms with Crippen LogP contribution in [0, 0.1) is 13.8 Å². The monoisotopic (exact) mass is 298 g/mol. The Hall–Kier alpha value is -1.74. The molecule has 0 aliphatic carbocycles. The lowest BCUT2D eigenvalue weighted by Gasteiger charge is -2.25. The van der Waals surface area contributed by atoms with Gasteiger partial charge in [0.1, 0.15) is 12.4 Å². The molecule has 118 valence electrons. The molecule has 1 aromatic carbocycles. The smallest absolute Gasteiger partial charge is 0.125 e. The number of para-hydroxylation sites is 1. The molecule has 0 bridgehead atoms. The van der Waals surface area contributed by atoms with Gasteiger partial charge < -0.3 is 9.30 Å². The summed E-state index contributed by atoms with van der Waals surface area (Å²) in [6.45, 7) is 7.15. The standard InChI is InChI=1S/C19H26N2O/c1-15-7-4-8-16(2)19(15)22-14-13-21-12-6-10-18(21)17-9-5-11-20(17)3/h4-5,7-9,11,18H,6,10,12-14H2,1-3H3. The number of hydrogen-bond donors (Lipinski definition) is 0. The fourth-order valence-electron chi connectivity index (χ4n) is 3.54. The molecule has 0 spiro atoms. The van der Waals surface area contributed by atoms with Crippen LogP contribution < -0.4 is 4.74 Å². The zero-order chi connectivity index (χ0) is 15.5. The third-order valence-corrected chi connectivity index (χ3v) is 4.72. The van der Waals surface area contributed by atoms with Gasteiger partial charge in [0.25, 0.3) is 0 Å². The predicted molar refractivity (Wildman–Crippen MR) is 90.4 cm³/mol. The lowest BCUT2D eigenvalue weighted by molar-refractivity contribution is 0.192. The van der Waals surface area contributed by atoms with Gasteiger partial charge in [-0.1, -0.05) is 18.2 Å². The SMILES string of the molecule is Cc1cccc(C)c1OCCN1CCCC1c1cccn1C. The van der Waals surface area contributed by atoms with Crippen LogP contribution in [0.2, 0.25) is 0 Å². The summed E-state index contributed by atoms with van der Waals surface area (Å²) in [5.41, 5.74) is 3.87. The zero-order valence-electron chi connectivity index (χ0n) is 13.9. The summed E-state index contributed by atoms with van der Waals surface area (Å²) in [5, 5.41) is 0. The van der Waals surface area contributed by atoms with E-state index in [2.05, 4.69) is 66.9 Å². The number of rotatable bonds is 5. The van der Waals surface area contributed by atoms with E-state index in [1.54, 1.807) is 0 Å². The van der Waals surface area contributed by atoms with E-state index >= 15 is 0 Å². The predicted octanol–water partition coefficient (Wildman–Crippen LogP) is 3.86. The van der Waals surface area contributed by atoms with Gasteiger partial charge in [0.2, 0.25) is 0 Å². The van der Waals surface area contributed by atoms with Crippen molar-refractivity contribution in [2.75, 3.05) is 19.7 Å². The summed E-state index contributed by atoms with van der Waals surface area (Å²) >= 11 is 0. The molecule has 1 fully saturated rings. The Labute approximate surface area is 133 Å². The van der Waals surface area contributed by atoms with Crippen LogP contribution in [0.1, 0.15) is 35.7 Å². The van der Waals surface area contributed by atoms with Crippen molar-refractivity contribution in [1.82, 2.24) is 9.47 Å². The molecule has 0 amide bonds.